The Kier molecular flexibility index (Phi) is 10.4. The number of hydrogen-bond acceptors (Lipinski definition) is 8. The monoisotopic (exact) mass is 586 g/mol. The van der Waals surface area contributed by atoms with E-state index in [1.807, 2.05) is 71.0 Å². The van der Waals surface area contributed by atoms with Crippen molar-refractivity contribution in [2.45, 2.75) is 74.8 Å². The molecule has 1 aromatic carbocycles. The maximum Gasteiger partial charge on any atom is 0.252 e. The number of hydrogen-bond donors (Lipinski definition) is 4. The molecule has 5 rings (SSSR count). The van der Waals surface area contributed by atoms with Gasteiger partial charge in [0, 0.05) is 46.9 Å². The molecular weight excluding hydrogens is 544 g/mol. The lowest BCUT2D eigenvalue weighted by Gasteiger charge is -2.22. The molecule has 12 heteroatoms. The fourth-order valence-corrected chi connectivity index (χ4v) is 4.08. The third-order valence-corrected chi connectivity index (χ3v) is 5.57. The van der Waals surface area contributed by atoms with Crippen LogP contribution in [0.4, 0.5) is 17.3 Å². The molecule has 0 spiro atoms. The highest BCUT2D eigenvalue weighted by molar-refractivity contribution is 5.59. The van der Waals surface area contributed by atoms with E-state index < -0.39 is 0 Å². The maximum atomic E-state index is 11.6. The van der Waals surface area contributed by atoms with Crippen molar-refractivity contribution >= 4 is 17.3 Å². The van der Waals surface area contributed by atoms with Crippen molar-refractivity contribution in [3.8, 4) is 11.9 Å². The topological polar surface area (TPSA) is 151 Å². The van der Waals surface area contributed by atoms with Crippen molar-refractivity contribution < 1.29 is 0 Å². The van der Waals surface area contributed by atoms with Crippen LogP contribution in [0.5, 0.6) is 0 Å². The predicted molar refractivity (Wildman–Crippen MR) is 172 cm³/mol. The van der Waals surface area contributed by atoms with Crippen LogP contribution < -0.4 is 21.8 Å². The number of anilines is 3. The van der Waals surface area contributed by atoms with Gasteiger partial charge in [-0.3, -0.25) is 19.6 Å². The zero-order chi connectivity index (χ0) is 31.9. The Hall–Kier alpha value is -5.00. The zero-order valence-corrected chi connectivity index (χ0v) is 26.6. The zero-order valence-electron chi connectivity index (χ0n) is 26.6. The molecule has 0 aliphatic rings. The third kappa shape index (κ3) is 9.25. The number of aromatic nitrogens is 8. The van der Waals surface area contributed by atoms with Gasteiger partial charge in [0.25, 0.3) is 11.1 Å². The quantitative estimate of drug-likeness (QED) is 0.213. The van der Waals surface area contributed by atoms with Crippen molar-refractivity contribution in [2.24, 2.45) is 0 Å². The lowest BCUT2D eigenvalue weighted by molar-refractivity contribution is 0.621. The molecule has 4 N–H and O–H groups in total. The van der Waals surface area contributed by atoms with Crippen LogP contribution in [0.25, 0.3) is 11.9 Å². The number of benzene rings is 1. The summed E-state index contributed by atoms with van der Waals surface area (Å²) in [6.45, 7) is 19.6. The molecule has 4 heterocycles. The molecule has 0 saturated heterocycles. The Morgan fingerprint density at radius 3 is 1.63 bits per heavy atom. The Balaban J connectivity index is 0.000000225. The number of aryl methyl sites for hydroxylation is 5. The molecule has 12 nitrogen and oxygen atoms in total. The molecule has 0 aliphatic heterocycles. The molecule has 0 aliphatic carbocycles. The minimum atomic E-state index is -0.197. The molecule has 228 valence electrons. The number of nitrogens with one attached hydrogen (secondary N) is 4. The van der Waals surface area contributed by atoms with Gasteiger partial charge < -0.3 is 10.6 Å². The van der Waals surface area contributed by atoms with Gasteiger partial charge >= 0.3 is 0 Å². The summed E-state index contributed by atoms with van der Waals surface area (Å²) < 4.78 is 3.22. The van der Waals surface area contributed by atoms with Gasteiger partial charge in [0.2, 0.25) is 11.9 Å². The van der Waals surface area contributed by atoms with Crippen LogP contribution in [-0.2, 0) is 0 Å². The fourth-order valence-electron chi connectivity index (χ4n) is 4.08. The van der Waals surface area contributed by atoms with Gasteiger partial charge in [0.15, 0.2) is 0 Å². The van der Waals surface area contributed by atoms with Crippen molar-refractivity contribution in [3.05, 3.63) is 97.6 Å². The molecule has 0 unspecified atom stereocenters. The molecule has 0 atom stereocenters. The van der Waals surface area contributed by atoms with Gasteiger partial charge in [0.05, 0.1) is 11.4 Å². The van der Waals surface area contributed by atoms with Crippen LogP contribution in [0.1, 0.15) is 63.0 Å². The van der Waals surface area contributed by atoms with Gasteiger partial charge in [0.1, 0.15) is 11.6 Å². The molecule has 0 saturated carbocycles. The SMILES string of the molecule is CC.Cc1cc(=O)[nH]c(-n2nc(C)cc2NC(C)(C)C)n1.Cc1cccc(Nc2cc(C)nn2-c2nc(C)cc(=O)[nH]2)c1. The first kappa shape index (κ1) is 32.5. The Morgan fingerprint density at radius 2 is 1.16 bits per heavy atom. The largest absolute Gasteiger partial charge is 0.365 e. The smallest absolute Gasteiger partial charge is 0.252 e. The minimum absolute atomic E-state index is 0.103. The number of H-pyrrole nitrogens is 2. The Morgan fingerprint density at radius 1 is 0.674 bits per heavy atom. The summed E-state index contributed by atoms with van der Waals surface area (Å²) in [6.07, 6.45) is 0. The normalized spacial score (nSPS) is 10.7. The molecule has 4 aromatic heterocycles. The van der Waals surface area contributed by atoms with E-state index in [0.717, 1.165) is 34.3 Å². The summed E-state index contributed by atoms with van der Waals surface area (Å²) in [4.78, 5) is 37.2. The standard InChI is InChI=1S/C16H17N5O.C13H19N5O.C2H6/c1-10-5-4-6-13(7-10)18-14-8-12(3)20-21(14)16-17-11(2)9-15(22)19-16;1-8-7-11(19)15-12(14-8)18-10(6-9(2)17-18)16-13(3,4)5;1-2/h4-9,18H,1-3H3,(H,17,19,22);6-7,16H,1-5H3,(H,14,15,19);1-2H3. The van der Waals surface area contributed by atoms with Crippen LogP contribution in [0.2, 0.25) is 0 Å². The average Bonchev–Trinajstić information content (AvgIpc) is 3.44. The first-order valence-electron chi connectivity index (χ1n) is 14.2. The number of nitrogens with zero attached hydrogens (tertiary/aromatic N) is 6. The fraction of sp³-hybridized carbons (Fsp3) is 0.355. The lowest BCUT2D eigenvalue weighted by atomic mass is 10.1. The summed E-state index contributed by atoms with van der Waals surface area (Å²) in [5.74, 6) is 2.37. The van der Waals surface area contributed by atoms with Crippen molar-refractivity contribution in [1.82, 2.24) is 39.5 Å². The van der Waals surface area contributed by atoms with Crippen LogP contribution in [-0.4, -0.2) is 45.0 Å². The molecule has 0 fully saturated rings. The number of aromatic amines is 2. The van der Waals surface area contributed by atoms with E-state index >= 15 is 0 Å². The number of rotatable bonds is 5. The van der Waals surface area contributed by atoms with Crippen LogP contribution in [0.15, 0.2) is 58.1 Å². The van der Waals surface area contributed by atoms with Gasteiger partial charge in [-0.15, -0.1) is 0 Å². The molecule has 43 heavy (non-hydrogen) atoms. The van der Waals surface area contributed by atoms with E-state index in [1.54, 1.807) is 23.2 Å². The van der Waals surface area contributed by atoms with Crippen molar-refractivity contribution in [2.75, 3.05) is 10.6 Å². The van der Waals surface area contributed by atoms with E-state index in [4.69, 9.17) is 0 Å². The second-order valence-electron chi connectivity index (χ2n) is 11.0. The van der Waals surface area contributed by atoms with Gasteiger partial charge in [-0.05, 0) is 73.1 Å². The van der Waals surface area contributed by atoms with E-state index in [-0.39, 0.29) is 16.7 Å². The molecular formula is C31H42N10O2. The van der Waals surface area contributed by atoms with E-state index in [2.05, 4.69) is 61.5 Å². The summed E-state index contributed by atoms with van der Waals surface area (Å²) in [6, 6.07) is 14.8. The van der Waals surface area contributed by atoms with E-state index in [9.17, 15) is 9.59 Å². The Labute approximate surface area is 251 Å². The molecule has 0 amide bonds. The predicted octanol–water partition coefficient (Wildman–Crippen LogP) is 5.43. The van der Waals surface area contributed by atoms with E-state index in [1.165, 1.54) is 12.1 Å². The highest BCUT2D eigenvalue weighted by Crippen LogP contribution is 2.21. The van der Waals surface area contributed by atoms with Crippen molar-refractivity contribution in [3.63, 3.8) is 0 Å². The second kappa shape index (κ2) is 13.8. The van der Waals surface area contributed by atoms with Gasteiger partial charge in [-0.25, -0.2) is 9.97 Å². The lowest BCUT2D eigenvalue weighted by Crippen LogP contribution is -2.28. The summed E-state index contributed by atoms with van der Waals surface area (Å²) in [5, 5.41) is 15.4. The summed E-state index contributed by atoms with van der Waals surface area (Å²) in [7, 11) is 0. The van der Waals surface area contributed by atoms with Crippen LogP contribution in [0, 0.1) is 34.6 Å². The average molecular weight is 587 g/mol. The second-order valence-corrected chi connectivity index (χ2v) is 11.0. The Bertz CT molecular complexity index is 1790. The molecule has 5 aromatic rings. The summed E-state index contributed by atoms with van der Waals surface area (Å²) >= 11 is 0. The van der Waals surface area contributed by atoms with E-state index in [0.29, 0.717) is 23.3 Å². The van der Waals surface area contributed by atoms with Crippen molar-refractivity contribution in [1.29, 1.82) is 0 Å². The third-order valence-electron chi connectivity index (χ3n) is 5.57. The van der Waals surface area contributed by atoms with Gasteiger partial charge in [-0.1, -0.05) is 26.0 Å². The van der Waals surface area contributed by atoms with Crippen LogP contribution in [0.3, 0.4) is 0 Å². The van der Waals surface area contributed by atoms with Gasteiger partial charge in [-0.2, -0.15) is 19.6 Å². The highest BCUT2D eigenvalue weighted by Gasteiger charge is 2.16. The molecule has 0 radical (unpaired) electrons. The molecule has 0 bridgehead atoms. The van der Waals surface area contributed by atoms with Crippen LogP contribution >= 0.6 is 0 Å². The summed E-state index contributed by atoms with van der Waals surface area (Å²) in [5.41, 5.74) is 4.63. The minimum Gasteiger partial charge on any atom is -0.365 e. The first-order chi connectivity index (χ1) is 20.3. The maximum absolute atomic E-state index is 11.6. The first-order valence-corrected chi connectivity index (χ1v) is 14.2. The highest BCUT2D eigenvalue weighted by atomic mass is 16.1.